The van der Waals surface area contributed by atoms with Gasteiger partial charge in [-0.1, -0.05) is 6.58 Å². The first-order valence-electron chi connectivity index (χ1n) is 6.95. The zero-order valence-corrected chi connectivity index (χ0v) is 12.6. The smallest absolute Gasteiger partial charge is 0.333 e. The van der Waals surface area contributed by atoms with Crippen LogP contribution in [0.15, 0.2) is 12.2 Å². The molecule has 1 saturated heterocycles. The molecule has 10 nitrogen and oxygen atoms in total. The Labute approximate surface area is 132 Å². The number of hydrogen-bond acceptors (Lipinski definition) is 8. The molecule has 23 heavy (non-hydrogen) atoms. The van der Waals surface area contributed by atoms with Crippen molar-refractivity contribution < 1.29 is 39.5 Å². The van der Waals surface area contributed by atoms with E-state index in [1.165, 1.54) is 6.92 Å². The minimum atomic E-state index is -1.60. The summed E-state index contributed by atoms with van der Waals surface area (Å²) in [4.78, 5) is 22.8. The van der Waals surface area contributed by atoms with Crippen LogP contribution in [0.1, 0.15) is 6.92 Å². The van der Waals surface area contributed by atoms with Crippen molar-refractivity contribution in [3.8, 4) is 0 Å². The van der Waals surface area contributed by atoms with E-state index in [1.807, 2.05) is 0 Å². The van der Waals surface area contributed by atoms with Gasteiger partial charge in [0.1, 0.15) is 31.0 Å². The van der Waals surface area contributed by atoms with Crippen LogP contribution in [0, 0.1) is 0 Å². The van der Waals surface area contributed by atoms with Crippen LogP contribution in [0.3, 0.4) is 0 Å². The summed E-state index contributed by atoms with van der Waals surface area (Å²) < 4.78 is 9.65. The van der Waals surface area contributed by atoms with Crippen LogP contribution in [-0.2, 0) is 14.3 Å². The van der Waals surface area contributed by atoms with Gasteiger partial charge in [0.05, 0.1) is 13.2 Å². The average Bonchev–Trinajstić information content (AvgIpc) is 2.51. The van der Waals surface area contributed by atoms with E-state index < -0.39 is 49.3 Å². The van der Waals surface area contributed by atoms with Crippen molar-refractivity contribution in [2.24, 2.45) is 0 Å². The lowest BCUT2D eigenvalue weighted by molar-refractivity contribution is -0.252. The van der Waals surface area contributed by atoms with E-state index in [1.54, 1.807) is 0 Å². The number of carbonyl (C=O) groups is 2. The number of ether oxygens (including phenoxy) is 2. The van der Waals surface area contributed by atoms with Crippen LogP contribution in [0.2, 0.25) is 0 Å². The SMILES string of the molecule is C=C(C)C(=O)OCCNC(=O)N[C@H]1C(O)O[C@H](CO)[C@@H](O)[C@@H]1O. The molecule has 6 N–H and O–H groups in total. The quantitative estimate of drug-likeness (QED) is 0.173. The van der Waals surface area contributed by atoms with Gasteiger partial charge in [0.15, 0.2) is 6.29 Å². The van der Waals surface area contributed by atoms with E-state index in [-0.39, 0.29) is 18.7 Å². The number of nitrogens with one attached hydrogen (secondary N) is 2. The lowest BCUT2D eigenvalue weighted by Gasteiger charge is -2.40. The number of urea groups is 1. The molecule has 0 aromatic rings. The zero-order chi connectivity index (χ0) is 17.6. The first kappa shape index (κ1) is 19.3. The van der Waals surface area contributed by atoms with Gasteiger partial charge < -0.3 is 40.5 Å². The minimum Gasteiger partial charge on any atom is -0.460 e. The molecule has 0 aliphatic carbocycles. The molecule has 5 atom stereocenters. The highest BCUT2D eigenvalue weighted by molar-refractivity contribution is 5.86. The highest BCUT2D eigenvalue weighted by Gasteiger charge is 2.44. The van der Waals surface area contributed by atoms with E-state index in [2.05, 4.69) is 17.2 Å². The Morgan fingerprint density at radius 2 is 1.91 bits per heavy atom. The van der Waals surface area contributed by atoms with E-state index in [0.29, 0.717) is 0 Å². The van der Waals surface area contributed by atoms with Crippen molar-refractivity contribution in [3.05, 3.63) is 12.2 Å². The molecule has 0 radical (unpaired) electrons. The van der Waals surface area contributed by atoms with Crippen molar-refractivity contribution in [2.45, 2.75) is 37.6 Å². The summed E-state index contributed by atoms with van der Waals surface area (Å²) in [6.45, 7) is 4.20. The summed E-state index contributed by atoms with van der Waals surface area (Å²) in [5.41, 5.74) is 0.229. The first-order valence-corrected chi connectivity index (χ1v) is 6.95. The Balaban J connectivity index is 2.38. The number of rotatable bonds is 6. The van der Waals surface area contributed by atoms with Crippen LogP contribution in [0.5, 0.6) is 0 Å². The minimum absolute atomic E-state index is 0.00750. The maximum absolute atomic E-state index is 11.6. The van der Waals surface area contributed by atoms with E-state index in [0.717, 1.165) is 0 Å². The molecular weight excluding hydrogens is 312 g/mol. The Morgan fingerprint density at radius 1 is 1.26 bits per heavy atom. The molecule has 1 fully saturated rings. The number of amides is 2. The fraction of sp³-hybridized carbons (Fsp3) is 0.692. The lowest BCUT2D eigenvalue weighted by atomic mass is 9.97. The van der Waals surface area contributed by atoms with Crippen molar-refractivity contribution >= 4 is 12.0 Å². The van der Waals surface area contributed by atoms with Gasteiger partial charge in [-0.3, -0.25) is 0 Å². The third-order valence-corrected chi connectivity index (χ3v) is 3.17. The molecule has 1 aliphatic heterocycles. The number of esters is 1. The van der Waals surface area contributed by atoms with Crippen LogP contribution in [0.4, 0.5) is 4.79 Å². The molecule has 132 valence electrons. The average molecular weight is 334 g/mol. The summed E-state index contributed by atoms with van der Waals surface area (Å²) in [5, 5.41) is 42.7. The third kappa shape index (κ3) is 5.44. The molecule has 10 heteroatoms. The molecule has 1 unspecified atom stereocenters. The number of carbonyl (C=O) groups excluding carboxylic acids is 2. The van der Waals surface area contributed by atoms with Crippen LogP contribution in [0.25, 0.3) is 0 Å². The fourth-order valence-corrected chi connectivity index (χ4v) is 1.89. The molecular formula is C13H22N2O8. The van der Waals surface area contributed by atoms with Gasteiger partial charge in [-0.25, -0.2) is 9.59 Å². The molecule has 0 spiro atoms. The van der Waals surface area contributed by atoms with Gasteiger partial charge in [0.2, 0.25) is 0 Å². The van der Waals surface area contributed by atoms with Gasteiger partial charge in [-0.05, 0) is 6.92 Å². The number of aliphatic hydroxyl groups is 4. The lowest BCUT2D eigenvalue weighted by Crippen LogP contribution is -2.65. The Bertz CT molecular complexity index is 444. The topological polar surface area (TPSA) is 158 Å². The highest BCUT2D eigenvalue weighted by Crippen LogP contribution is 2.19. The standard InChI is InChI=1S/C13H22N2O8/c1-6(2)11(19)22-4-3-14-13(21)15-8-10(18)9(17)7(5-16)23-12(8)20/h7-10,12,16-18,20H,1,3-5H2,2H3,(H2,14,15,21)/t7-,8-,9-,10-,12?/m1/s1. The summed E-state index contributed by atoms with van der Waals surface area (Å²) in [6.07, 6.45) is -5.74. The second-order valence-electron chi connectivity index (χ2n) is 5.07. The molecule has 1 heterocycles. The molecule has 1 rings (SSSR count). The molecule has 0 saturated carbocycles. The Morgan fingerprint density at radius 3 is 2.48 bits per heavy atom. The van der Waals surface area contributed by atoms with Gasteiger partial charge in [0, 0.05) is 5.57 Å². The van der Waals surface area contributed by atoms with Gasteiger partial charge in [-0.15, -0.1) is 0 Å². The predicted molar refractivity (Wildman–Crippen MR) is 76.1 cm³/mol. The third-order valence-electron chi connectivity index (χ3n) is 3.17. The van der Waals surface area contributed by atoms with Crippen molar-refractivity contribution in [3.63, 3.8) is 0 Å². The summed E-state index contributed by atoms with van der Waals surface area (Å²) in [7, 11) is 0. The van der Waals surface area contributed by atoms with Gasteiger partial charge in [0.25, 0.3) is 0 Å². The zero-order valence-electron chi connectivity index (χ0n) is 12.6. The molecule has 2 amide bonds. The van der Waals surface area contributed by atoms with Crippen LogP contribution >= 0.6 is 0 Å². The molecule has 0 bridgehead atoms. The first-order chi connectivity index (χ1) is 10.8. The second kappa shape index (κ2) is 8.79. The maximum atomic E-state index is 11.6. The van der Waals surface area contributed by atoms with Gasteiger partial charge in [-0.2, -0.15) is 0 Å². The highest BCUT2D eigenvalue weighted by atomic mass is 16.6. The molecule has 0 aromatic heterocycles. The maximum Gasteiger partial charge on any atom is 0.333 e. The monoisotopic (exact) mass is 334 g/mol. The van der Waals surface area contributed by atoms with Crippen LogP contribution in [-0.4, -0.2) is 82.8 Å². The van der Waals surface area contributed by atoms with Gasteiger partial charge >= 0.3 is 12.0 Å². The Kier molecular flexibility index (Phi) is 7.39. The summed E-state index contributed by atoms with van der Waals surface area (Å²) in [5.74, 6) is -0.586. The van der Waals surface area contributed by atoms with Crippen molar-refractivity contribution in [1.29, 1.82) is 0 Å². The number of aliphatic hydroxyl groups excluding tert-OH is 4. The van der Waals surface area contributed by atoms with E-state index in [9.17, 15) is 24.9 Å². The summed E-state index contributed by atoms with van der Waals surface area (Å²) in [6, 6.07) is -2.05. The van der Waals surface area contributed by atoms with Crippen molar-refractivity contribution in [1.82, 2.24) is 10.6 Å². The molecule has 0 aromatic carbocycles. The summed E-state index contributed by atoms with van der Waals surface area (Å²) >= 11 is 0. The van der Waals surface area contributed by atoms with E-state index >= 15 is 0 Å². The largest absolute Gasteiger partial charge is 0.460 e. The number of hydrogen-bond donors (Lipinski definition) is 6. The fourth-order valence-electron chi connectivity index (χ4n) is 1.89. The van der Waals surface area contributed by atoms with E-state index in [4.69, 9.17) is 14.6 Å². The molecule has 1 aliphatic rings. The van der Waals surface area contributed by atoms with Crippen LogP contribution < -0.4 is 10.6 Å². The van der Waals surface area contributed by atoms with Crippen molar-refractivity contribution in [2.75, 3.05) is 19.8 Å². The second-order valence-corrected chi connectivity index (χ2v) is 5.07. The normalized spacial score (nSPS) is 30.4. The Hall–Kier alpha value is -1.72. The predicted octanol–water partition coefficient (Wildman–Crippen LogP) is -2.80.